The summed E-state index contributed by atoms with van der Waals surface area (Å²) in [6, 6.07) is 0.215. The van der Waals surface area contributed by atoms with Crippen LogP contribution in [0.5, 0.6) is 0 Å². The molecule has 0 heterocycles. The molecule has 1 aliphatic carbocycles. The van der Waals surface area contributed by atoms with Crippen LogP contribution in [0.2, 0.25) is 0 Å². The van der Waals surface area contributed by atoms with E-state index in [9.17, 15) is 9.90 Å². The first-order chi connectivity index (χ1) is 8.19. The summed E-state index contributed by atoms with van der Waals surface area (Å²) in [5.41, 5.74) is 0. The van der Waals surface area contributed by atoms with Gasteiger partial charge in [0.15, 0.2) is 0 Å². The van der Waals surface area contributed by atoms with Gasteiger partial charge in [0.1, 0.15) is 0 Å². The van der Waals surface area contributed by atoms with Gasteiger partial charge < -0.3 is 9.84 Å². The smallest absolute Gasteiger partial charge is 0.306 e. The van der Waals surface area contributed by atoms with Crippen LogP contribution in [0.15, 0.2) is 0 Å². The summed E-state index contributed by atoms with van der Waals surface area (Å²) in [6.07, 6.45) is 5.60. The number of rotatable bonds is 5. The van der Waals surface area contributed by atoms with Gasteiger partial charge in [-0.2, -0.15) is 0 Å². The van der Waals surface area contributed by atoms with Gasteiger partial charge in [-0.15, -0.1) is 0 Å². The van der Waals surface area contributed by atoms with Gasteiger partial charge in [0, 0.05) is 12.6 Å². The van der Waals surface area contributed by atoms with E-state index >= 15 is 0 Å². The number of hydrogen-bond acceptors (Lipinski definition) is 4. The van der Waals surface area contributed by atoms with Crippen LogP contribution in [-0.4, -0.2) is 48.3 Å². The van der Waals surface area contributed by atoms with Crippen molar-refractivity contribution in [2.75, 3.05) is 20.2 Å². The minimum atomic E-state index is -0.241. The molecule has 0 radical (unpaired) electrons. The molecule has 1 N–H and O–H groups in total. The molecule has 0 aromatic heterocycles. The van der Waals surface area contributed by atoms with E-state index in [0.717, 1.165) is 25.8 Å². The summed E-state index contributed by atoms with van der Waals surface area (Å²) < 4.78 is 4.66. The Kier molecular flexibility index (Phi) is 6.52. The SMILES string of the molecule is CCN(CCC(=O)OC)C1CCCCCC1O. The van der Waals surface area contributed by atoms with E-state index in [2.05, 4.69) is 16.6 Å². The number of hydrogen-bond donors (Lipinski definition) is 1. The third-order valence-corrected chi connectivity index (χ3v) is 3.65. The van der Waals surface area contributed by atoms with Crippen molar-refractivity contribution in [1.82, 2.24) is 4.90 Å². The zero-order valence-corrected chi connectivity index (χ0v) is 11.0. The molecule has 2 atom stereocenters. The Morgan fingerprint density at radius 1 is 1.35 bits per heavy atom. The van der Waals surface area contributed by atoms with E-state index in [1.54, 1.807) is 0 Å². The average molecular weight is 243 g/mol. The second-order valence-corrected chi connectivity index (χ2v) is 4.73. The number of likely N-dealkylation sites (N-methyl/N-ethyl adjacent to an activating group) is 1. The second-order valence-electron chi connectivity index (χ2n) is 4.73. The number of aliphatic hydroxyl groups excluding tert-OH is 1. The van der Waals surface area contributed by atoms with Gasteiger partial charge in [-0.05, 0) is 19.4 Å². The van der Waals surface area contributed by atoms with Crippen molar-refractivity contribution in [3.8, 4) is 0 Å². The summed E-state index contributed by atoms with van der Waals surface area (Å²) in [5.74, 6) is -0.174. The summed E-state index contributed by atoms with van der Waals surface area (Å²) >= 11 is 0. The standard InChI is InChI=1S/C13H25NO3/c1-3-14(10-9-13(16)17-2)11-7-5-4-6-8-12(11)15/h11-12,15H,3-10H2,1-2H3. The molecule has 1 fully saturated rings. The first-order valence-corrected chi connectivity index (χ1v) is 6.68. The molecule has 1 saturated carbocycles. The van der Waals surface area contributed by atoms with Crippen molar-refractivity contribution in [2.45, 2.75) is 57.6 Å². The number of carbonyl (C=O) groups is 1. The fourth-order valence-electron chi connectivity index (χ4n) is 2.59. The maximum atomic E-state index is 11.2. The summed E-state index contributed by atoms with van der Waals surface area (Å²) in [6.45, 7) is 3.64. The van der Waals surface area contributed by atoms with Crippen LogP contribution in [0.4, 0.5) is 0 Å². The molecule has 0 aliphatic heterocycles. The first-order valence-electron chi connectivity index (χ1n) is 6.68. The summed E-state index contributed by atoms with van der Waals surface area (Å²) in [4.78, 5) is 13.4. The molecule has 0 bridgehead atoms. The molecule has 1 aliphatic rings. The minimum Gasteiger partial charge on any atom is -0.469 e. The van der Waals surface area contributed by atoms with Crippen LogP contribution in [0.25, 0.3) is 0 Å². The highest BCUT2D eigenvalue weighted by molar-refractivity contribution is 5.69. The molecule has 4 heteroatoms. The number of esters is 1. The van der Waals surface area contributed by atoms with E-state index in [0.29, 0.717) is 13.0 Å². The van der Waals surface area contributed by atoms with Crippen molar-refractivity contribution in [1.29, 1.82) is 0 Å². The Labute approximate surface area is 104 Å². The number of ether oxygens (including phenoxy) is 1. The van der Waals surface area contributed by atoms with Gasteiger partial charge in [0.25, 0.3) is 0 Å². The fourth-order valence-corrected chi connectivity index (χ4v) is 2.59. The first kappa shape index (κ1) is 14.5. The van der Waals surface area contributed by atoms with E-state index in [-0.39, 0.29) is 18.1 Å². The maximum absolute atomic E-state index is 11.2. The lowest BCUT2D eigenvalue weighted by Gasteiger charge is -2.32. The normalized spacial score (nSPS) is 25.6. The Morgan fingerprint density at radius 3 is 2.71 bits per heavy atom. The zero-order chi connectivity index (χ0) is 12.7. The summed E-state index contributed by atoms with van der Waals surface area (Å²) in [7, 11) is 1.42. The van der Waals surface area contributed by atoms with Crippen molar-refractivity contribution in [3.05, 3.63) is 0 Å². The highest BCUT2D eigenvalue weighted by atomic mass is 16.5. The quantitative estimate of drug-likeness (QED) is 0.588. The van der Waals surface area contributed by atoms with Gasteiger partial charge in [0.05, 0.1) is 19.6 Å². The Bertz CT molecular complexity index is 233. The lowest BCUT2D eigenvalue weighted by atomic mass is 10.0. The average Bonchev–Trinajstić information content (AvgIpc) is 2.55. The van der Waals surface area contributed by atoms with Gasteiger partial charge in [0.2, 0.25) is 0 Å². The molecule has 0 aromatic rings. The Hall–Kier alpha value is -0.610. The largest absolute Gasteiger partial charge is 0.469 e. The van der Waals surface area contributed by atoms with Gasteiger partial charge >= 0.3 is 5.97 Å². The fraction of sp³-hybridized carbons (Fsp3) is 0.923. The van der Waals surface area contributed by atoms with Crippen molar-refractivity contribution >= 4 is 5.97 Å². The van der Waals surface area contributed by atoms with Crippen molar-refractivity contribution in [3.63, 3.8) is 0 Å². The van der Waals surface area contributed by atoms with E-state index in [1.165, 1.54) is 20.0 Å². The van der Waals surface area contributed by atoms with Crippen LogP contribution in [0.3, 0.4) is 0 Å². The Morgan fingerprint density at radius 2 is 2.06 bits per heavy atom. The van der Waals surface area contributed by atoms with E-state index < -0.39 is 0 Å². The van der Waals surface area contributed by atoms with Crippen LogP contribution < -0.4 is 0 Å². The minimum absolute atomic E-state index is 0.174. The van der Waals surface area contributed by atoms with Gasteiger partial charge in [-0.1, -0.05) is 26.2 Å². The molecule has 2 unspecified atom stereocenters. The lowest BCUT2D eigenvalue weighted by Crippen LogP contribution is -2.44. The van der Waals surface area contributed by atoms with E-state index in [1.807, 2.05) is 0 Å². The number of aliphatic hydroxyl groups is 1. The highest BCUT2D eigenvalue weighted by Gasteiger charge is 2.26. The van der Waals surface area contributed by atoms with Crippen LogP contribution in [0.1, 0.15) is 45.4 Å². The molecule has 0 amide bonds. The number of nitrogens with zero attached hydrogens (tertiary/aromatic N) is 1. The Balaban J connectivity index is 2.48. The van der Waals surface area contributed by atoms with Gasteiger partial charge in [-0.25, -0.2) is 0 Å². The predicted molar refractivity (Wildman–Crippen MR) is 66.8 cm³/mol. The molecule has 4 nitrogen and oxygen atoms in total. The van der Waals surface area contributed by atoms with Crippen LogP contribution in [0, 0.1) is 0 Å². The molecular formula is C13H25NO3. The monoisotopic (exact) mass is 243 g/mol. The predicted octanol–water partition coefficient (Wildman–Crippen LogP) is 1.56. The summed E-state index contributed by atoms with van der Waals surface area (Å²) in [5, 5.41) is 10.1. The third kappa shape index (κ3) is 4.64. The molecular weight excluding hydrogens is 218 g/mol. The molecule has 17 heavy (non-hydrogen) atoms. The maximum Gasteiger partial charge on any atom is 0.306 e. The molecule has 0 saturated heterocycles. The van der Waals surface area contributed by atoms with Gasteiger partial charge in [-0.3, -0.25) is 9.69 Å². The van der Waals surface area contributed by atoms with Crippen LogP contribution >= 0.6 is 0 Å². The van der Waals surface area contributed by atoms with E-state index in [4.69, 9.17) is 0 Å². The highest BCUT2D eigenvalue weighted by Crippen LogP contribution is 2.22. The van der Waals surface area contributed by atoms with Crippen LogP contribution in [-0.2, 0) is 9.53 Å². The molecule has 1 rings (SSSR count). The topological polar surface area (TPSA) is 49.8 Å². The molecule has 0 aromatic carbocycles. The third-order valence-electron chi connectivity index (χ3n) is 3.65. The molecule has 100 valence electrons. The number of carbonyl (C=O) groups excluding carboxylic acids is 1. The second kappa shape index (κ2) is 7.67. The van der Waals surface area contributed by atoms with Crippen molar-refractivity contribution in [2.24, 2.45) is 0 Å². The molecule has 0 spiro atoms. The van der Waals surface area contributed by atoms with Crippen molar-refractivity contribution < 1.29 is 14.6 Å². The lowest BCUT2D eigenvalue weighted by molar-refractivity contribution is -0.141. The number of methoxy groups -OCH3 is 1. The zero-order valence-electron chi connectivity index (χ0n) is 11.0.